The van der Waals surface area contributed by atoms with E-state index in [1.165, 1.54) is 51.9 Å². The van der Waals surface area contributed by atoms with Gasteiger partial charge in [0.15, 0.2) is 0 Å². The minimum atomic E-state index is -0.0712. The van der Waals surface area contributed by atoms with Crippen molar-refractivity contribution >= 4 is 11.6 Å². The number of ether oxygens (including phenoxy) is 1. The Kier molecular flexibility index (Phi) is 9.34. The maximum absolute atomic E-state index is 11.1. The van der Waals surface area contributed by atoms with Gasteiger partial charge in [-0.1, -0.05) is 64.0 Å². The summed E-state index contributed by atoms with van der Waals surface area (Å²) < 4.78 is 5.77. The monoisotopic (exact) mass is 291 g/mol. The maximum Gasteiger partial charge on any atom is 0.221 e. The topological polar surface area (TPSA) is 38.3 Å². The molecule has 0 atom stereocenters. The van der Waals surface area contributed by atoms with Crippen LogP contribution >= 0.6 is 0 Å². The molecule has 0 aliphatic heterocycles. The molecule has 3 heteroatoms. The first kappa shape index (κ1) is 17.5. The van der Waals surface area contributed by atoms with Crippen LogP contribution in [0.25, 0.3) is 0 Å². The van der Waals surface area contributed by atoms with Crippen molar-refractivity contribution in [3.05, 3.63) is 24.3 Å². The SMILES string of the molecule is CCCCCCCCCCOc1ccccc1NC(C)=O. The number of hydrogen-bond donors (Lipinski definition) is 1. The van der Waals surface area contributed by atoms with Crippen LogP contribution in [0.2, 0.25) is 0 Å². The Morgan fingerprint density at radius 2 is 1.62 bits per heavy atom. The molecule has 3 nitrogen and oxygen atoms in total. The van der Waals surface area contributed by atoms with Crippen molar-refractivity contribution in [1.29, 1.82) is 0 Å². The van der Waals surface area contributed by atoms with Gasteiger partial charge in [-0.15, -0.1) is 0 Å². The summed E-state index contributed by atoms with van der Waals surface area (Å²) in [7, 11) is 0. The Hall–Kier alpha value is -1.51. The minimum Gasteiger partial charge on any atom is -0.491 e. The lowest BCUT2D eigenvalue weighted by atomic mass is 10.1. The zero-order chi connectivity index (χ0) is 15.3. The fraction of sp³-hybridized carbons (Fsp3) is 0.611. The van der Waals surface area contributed by atoms with E-state index in [-0.39, 0.29) is 5.91 Å². The first-order valence-electron chi connectivity index (χ1n) is 8.23. The molecule has 0 unspecified atom stereocenters. The highest BCUT2D eigenvalue weighted by Gasteiger charge is 2.03. The number of benzene rings is 1. The third-order valence-electron chi connectivity index (χ3n) is 3.45. The number of nitrogens with one attached hydrogen (secondary N) is 1. The van der Waals surface area contributed by atoms with Crippen molar-refractivity contribution in [1.82, 2.24) is 0 Å². The van der Waals surface area contributed by atoms with Gasteiger partial charge in [0.25, 0.3) is 0 Å². The number of amides is 1. The van der Waals surface area contributed by atoms with E-state index >= 15 is 0 Å². The molecule has 1 aromatic carbocycles. The number of rotatable bonds is 11. The molecule has 0 spiro atoms. The molecule has 0 radical (unpaired) electrons. The van der Waals surface area contributed by atoms with E-state index in [2.05, 4.69) is 12.2 Å². The lowest BCUT2D eigenvalue weighted by molar-refractivity contribution is -0.114. The zero-order valence-corrected chi connectivity index (χ0v) is 13.5. The number of hydrogen-bond acceptors (Lipinski definition) is 2. The average Bonchev–Trinajstić information content (AvgIpc) is 2.46. The van der Waals surface area contributed by atoms with Crippen LogP contribution in [0, 0.1) is 0 Å². The van der Waals surface area contributed by atoms with Gasteiger partial charge in [-0.2, -0.15) is 0 Å². The smallest absolute Gasteiger partial charge is 0.221 e. The summed E-state index contributed by atoms with van der Waals surface area (Å²) in [6.07, 6.45) is 10.3. The summed E-state index contributed by atoms with van der Waals surface area (Å²) in [6.45, 7) is 4.47. The summed E-state index contributed by atoms with van der Waals surface area (Å²) in [5.74, 6) is 0.689. The van der Waals surface area contributed by atoms with E-state index in [1.54, 1.807) is 0 Å². The normalized spacial score (nSPS) is 10.4. The lowest BCUT2D eigenvalue weighted by Crippen LogP contribution is -2.08. The largest absolute Gasteiger partial charge is 0.491 e. The standard InChI is InChI=1S/C18H29NO2/c1-3-4-5-6-7-8-9-12-15-21-18-14-11-10-13-17(18)19-16(2)20/h10-11,13-14H,3-9,12,15H2,1-2H3,(H,19,20). The number of anilines is 1. The van der Waals surface area contributed by atoms with Gasteiger partial charge < -0.3 is 10.1 Å². The Bertz CT molecular complexity index is 404. The van der Waals surface area contributed by atoms with Crippen molar-refractivity contribution in [3.63, 3.8) is 0 Å². The Balaban J connectivity index is 2.14. The van der Waals surface area contributed by atoms with Crippen LogP contribution in [-0.2, 0) is 4.79 Å². The van der Waals surface area contributed by atoms with E-state index < -0.39 is 0 Å². The summed E-state index contributed by atoms with van der Waals surface area (Å²) >= 11 is 0. The molecule has 0 fully saturated rings. The molecule has 1 aromatic rings. The van der Waals surface area contributed by atoms with Crippen molar-refractivity contribution in [2.75, 3.05) is 11.9 Å². The highest BCUT2D eigenvalue weighted by Crippen LogP contribution is 2.23. The molecule has 1 amide bonds. The highest BCUT2D eigenvalue weighted by molar-refractivity contribution is 5.90. The van der Waals surface area contributed by atoms with Crippen LogP contribution in [0.15, 0.2) is 24.3 Å². The molecule has 0 saturated heterocycles. The Morgan fingerprint density at radius 3 is 2.29 bits per heavy atom. The molecule has 0 heterocycles. The second kappa shape index (κ2) is 11.2. The van der Waals surface area contributed by atoms with Gasteiger partial charge in [0.2, 0.25) is 5.91 Å². The van der Waals surface area contributed by atoms with Gasteiger partial charge in [0, 0.05) is 6.92 Å². The summed E-state index contributed by atoms with van der Waals surface area (Å²) in [5.41, 5.74) is 0.754. The van der Waals surface area contributed by atoms with Crippen molar-refractivity contribution in [2.45, 2.75) is 65.2 Å². The third kappa shape index (κ3) is 8.38. The molecular weight excluding hydrogens is 262 g/mol. The van der Waals surface area contributed by atoms with Crippen LogP contribution < -0.4 is 10.1 Å². The Labute approximate surface area is 129 Å². The second-order valence-electron chi connectivity index (χ2n) is 5.50. The predicted molar refractivity (Wildman–Crippen MR) is 88.9 cm³/mol. The van der Waals surface area contributed by atoms with Crippen molar-refractivity contribution in [3.8, 4) is 5.75 Å². The average molecular weight is 291 g/mol. The quantitative estimate of drug-likeness (QED) is 0.571. The summed E-state index contributed by atoms with van der Waals surface area (Å²) in [6, 6.07) is 7.59. The molecule has 0 aliphatic rings. The van der Waals surface area contributed by atoms with Crippen LogP contribution in [0.1, 0.15) is 65.2 Å². The van der Waals surface area contributed by atoms with Gasteiger partial charge >= 0.3 is 0 Å². The molecule has 118 valence electrons. The minimum absolute atomic E-state index is 0.0712. The van der Waals surface area contributed by atoms with E-state index in [0.717, 1.165) is 17.9 Å². The molecule has 0 aliphatic carbocycles. The van der Waals surface area contributed by atoms with Gasteiger partial charge in [0.05, 0.1) is 12.3 Å². The van der Waals surface area contributed by atoms with Gasteiger partial charge in [0.1, 0.15) is 5.75 Å². The summed E-state index contributed by atoms with van der Waals surface area (Å²) in [4.78, 5) is 11.1. The molecule has 0 bridgehead atoms. The van der Waals surface area contributed by atoms with Crippen LogP contribution in [0.5, 0.6) is 5.75 Å². The lowest BCUT2D eigenvalue weighted by Gasteiger charge is -2.11. The number of unbranched alkanes of at least 4 members (excludes halogenated alkanes) is 7. The molecule has 0 saturated carbocycles. The van der Waals surface area contributed by atoms with E-state index in [4.69, 9.17) is 4.74 Å². The fourth-order valence-corrected chi connectivity index (χ4v) is 2.30. The number of para-hydroxylation sites is 2. The number of carbonyl (C=O) groups is 1. The molecule has 21 heavy (non-hydrogen) atoms. The van der Waals surface area contributed by atoms with Gasteiger partial charge in [-0.3, -0.25) is 4.79 Å². The molecular formula is C18H29NO2. The number of carbonyl (C=O) groups excluding carboxylic acids is 1. The summed E-state index contributed by atoms with van der Waals surface area (Å²) in [5, 5.41) is 2.79. The maximum atomic E-state index is 11.1. The van der Waals surface area contributed by atoms with Crippen molar-refractivity contribution < 1.29 is 9.53 Å². The van der Waals surface area contributed by atoms with E-state index in [1.807, 2.05) is 24.3 Å². The van der Waals surface area contributed by atoms with Gasteiger partial charge in [-0.25, -0.2) is 0 Å². The first-order valence-corrected chi connectivity index (χ1v) is 8.23. The molecule has 1 N–H and O–H groups in total. The predicted octanol–water partition coefficient (Wildman–Crippen LogP) is 5.16. The second-order valence-corrected chi connectivity index (χ2v) is 5.50. The van der Waals surface area contributed by atoms with Crippen molar-refractivity contribution in [2.24, 2.45) is 0 Å². The van der Waals surface area contributed by atoms with Crippen LogP contribution in [0.4, 0.5) is 5.69 Å². The third-order valence-corrected chi connectivity index (χ3v) is 3.45. The molecule has 1 rings (SSSR count). The van der Waals surface area contributed by atoms with Crippen LogP contribution in [-0.4, -0.2) is 12.5 Å². The van der Waals surface area contributed by atoms with E-state index in [9.17, 15) is 4.79 Å². The van der Waals surface area contributed by atoms with Crippen LogP contribution in [0.3, 0.4) is 0 Å². The molecule has 0 aromatic heterocycles. The zero-order valence-electron chi connectivity index (χ0n) is 13.5. The Morgan fingerprint density at radius 1 is 1.00 bits per heavy atom. The van der Waals surface area contributed by atoms with Gasteiger partial charge in [-0.05, 0) is 18.6 Å². The fourth-order valence-electron chi connectivity index (χ4n) is 2.30. The first-order chi connectivity index (χ1) is 10.2. The highest BCUT2D eigenvalue weighted by atomic mass is 16.5. The van der Waals surface area contributed by atoms with E-state index in [0.29, 0.717) is 6.61 Å².